The molecule has 25 heavy (non-hydrogen) atoms. The Hall–Kier alpha value is -2.34. The largest absolute Gasteiger partial charge is 0.509 e. The molecule has 3 heterocycles. The Morgan fingerprint density at radius 2 is 1.80 bits per heavy atom. The van der Waals surface area contributed by atoms with E-state index in [0.717, 1.165) is 42.4 Å². The lowest BCUT2D eigenvalue weighted by Gasteiger charge is -2.36. The lowest BCUT2D eigenvalue weighted by molar-refractivity contribution is -0.00156. The number of piperidine rings is 1. The second-order valence-electron chi connectivity index (χ2n) is 7.12. The van der Waals surface area contributed by atoms with Crippen molar-refractivity contribution in [3.05, 3.63) is 45.3 Å². The molecular formula is C19H21NO5. The van der Waals surface area contributed by atoms with Gasteiger partial charge in [0.1, 0.15) is 12.2 Å². The van der Waals surface area contributed by atoms with Gasteiger partial charge in [-0.25, -0.2) is 9.59 Å². The zero-order valence-electron chi connectivity index (χ0n) is 14.5. The molecule has 1 aromatic heterocycles. The van der Waals surface area contributed by atoms with Crippen LogP contribution < -0.4 is 5.63 Å². The number of fused-ring (bicyclic) bond motifs is 1. The Morgan fingerprint density at radius 3 is 2.48 bits per heavy atom. The average Bonchev–Trinajstić information content (AvgIpc) is 2.92. The predicted molar refractivity (Wildman–Crippen MR) is 91.6 cm³/mol. The number of hydrogen-bond donors (Lipinski definition) is 0. The summed E-state index contributed by atoms with van der Waals surface area (Å²) < 4.78 is 15.7. The molecule has 1 aromatic carbocycles. The van der Waals surface area contributed by atoms with E-state index in [1.54, 1.807) is 6.07 Å². The van der Waals surface area contributed by atoms with Gasteiger partial charge >= 0.3 is 11.8 Å². The summed E-state index contributed by atoms with van der Waals surface area (Å²) in [4.78, 5) is 25.4. The predicted octanol–water partition coefficient (Wildman–Crippen LogP) is 2.91. The average molecular weight is 343 g/mol. The summed E-state index contributed by atoms with van der Waals surface area (Å²) in [6.45, 7) is 6.68. The van der Waals surface area contributed by atoms with Crippen molar-refractivity contribution < 1.29 is 18.7 Å². The van der Waals surface area contributed by atoms with Crippen LogP contribution in [0, 0.1) is 13.8 Å². The molecule has 2 fully saturated rings. The van der Waals surface area contributed by atoms with E-state index in [9.17, 15) is 9.59 Å². The molecule has 1 spiro atoms. The van der Waals surface area contributed by atoms with E-state index in [0.29, 0.717) is 18.7 Å². The first-order valence-electron chi connectivity index (χ1n) is 8.56. The van der Waals surface area contributed by atoms with Crippen LogP contribution in [-0.4, -0.2) is 36.4 Å². The molecule has 2 aliphatic rings. The highest BCUT2D eigenvalue weighted by Gasteiger charge is 2.44. The highest BCUT2D eigenvalue weighted by Crippen LogP contribution is 2.32. The quantitative estimate of drug-likeness (QED) is 0.617. The van der Waals surface area contributed by atoms with Crippen molar-refractivity contribution in [1.82, 2.24) is 4.90 Å². The lowest BCUT2D eigenvalue weighted by atomic mass is 9.92. The fourth-order valence-corrected chi connectivity index (χ4v) is 3.65. The molecule has 6 nitrogen and oxygen atoms in total. The standard InChI is InChI=1S/C19H21NO5/c1-12-7-15-14(9-17(21)24-16(15)8-13(12)2)10-20-5-3-19(4-6-20)11-23-18(22)25-19/h7-9H,3-6,10-11H2,1-2H3. The zero-order valence-corrected chi connectivity index (χ0v) is 14.5. The minimum absolute atomic E-state index is 0.322. The minimum atomic E-state index is -0.564. The summed E-state index contributed by atoms with van der Waals surface area (Å²) >= 11 is 0. The topological polar surface area (TPSA) is 69.0 Å². The number of aryl methyl sites for hydroxylation is 2. The molecule has 0 aliphatic carbocycles. The van der Waals surface area contributed by atoms with Gasteiger partial charge in [-0.2, -0.15) is 0 Å². The maximum Gasteiger partial charge on any atom is 0.509 e. The number of likely N-dealkylation sites (tertiary alicyclic amines) is 1. The van der Waals surface area contributed by atoms with Crippen LogP contribution >= 0.6 is 0 Å². The summed E-state index contributed by atoms with van der Waals surface area (Å²) in [5, 5.41) is 0.985. The molecule has 6 heteroatoms. The molecule has 2 saturated heterocycles. The van der Waals surface area contributed by atoms with Crippen LogP contribution in [0.1, 0.15) is 29.5 Å². The van der Waals surface area contributed by atoms with Crippen LogP contribution in [0.25, 0.3) is 11.0 Å². The number of carbonyl (C=O) groups excluding carboxylic acids is 1. The maximum absolute atomic E-state index is 11.9. The van der Waals surface area contributed by atoms with Gasteiger partial charge in [-0.05, 0) is 42.7 Å². The number of benzene rings is 1. The Kier molecular flexibility index (Phi) is 3.80. The van der Waals surface area contributed by atoms with Gasteiger partial charge in [0, 0.05) is 43.9 Å². The number of ether oxygens (including phenoxy) is 2. The zero-order chi connectivity index (χ0) is 17.6. The van der Waals surface area contributed by atoms with E-state index in [4.69, 9.17) is 13.9 Å². The smallest absolute Gasteiger partial charge is 0.430 e. The molecule has 0 bridgehead atoms. The molecule has 0 unspecified atom stereocenters. The molecule has 132 valence electrons. The van der Waals surface area contributed by atoms with Crippen molar-refractivity contribution in [2.45, 2.75) is 38.8 Å². The fourth-order valence-electron chi connectivity index (χ4n) is 3.65. The van der Waals surface area contributed by atoms with Gasteiger partial charge < -0.3 is 13.9 Å². The minimum Gasteiger partial charge on any atom is -0.430 e. The van der Waals surface area contributed by atoms with Crippen LogP contribution in [0.4, 0.5) is 4.79 Å². The summed E-state index contributed by atoms with van der Waals surface area (Å²) in [6.07, 6.45) is 0.929. The number of rotatable bonds is 2. The molecule has 0 saturated carbocycles. The van der Waals surface area contributed by atoms with Crippen molar-refractivity contribution in [1.29, 1.82) is 0 Å². The van der Waals surface area contributed by atoms with Gasteiger partial charge in [0.05, 0.1) is 0 Å². The van der Waals surface area contributed by atoms with Gasteiger partial charge in [-0.1, -0.05) is 0 Å². The van der Waals surface area contributed by atoms with Gasteiger partial charge in [0.15, 0.2) is 5.60 Å². The molecule has 2 aliphatic heterocycles. The van der Waals surface area contributed by atoms with Crippen molar-refractivity contribution in [3.63, 3.8) is 0 Å². The first-order chi connectivity index (χ1) is 11.9. The van der Waals surface area contributed by atoms with E-state index in [1.165, 1.54) is 5.56 Å². The summed E-state index contributed by atoms with van der Waals surface area (Å²) in [7, 11) is 0. The normalized spacial score (nSPS) is 20.0. The Morgan fingerprint density at radius 1 is 1.08 bits per heavy atom. The monoisotopic (exact) mass is 343 g/mol. The second kappa shape index (κ2) is 5.88. The first kappa shape index (κ1) is 16.1. The van der Waals surface area contributed by atoms with Crippen molar-refractivity contribution in [3.8, 4) is 0 Å². The van der Waals surface area contributed by atoms with Gasteiger partial charge in [-0.15, -0.1) is 0 Å². The van der Waals surface area contributed by atoms with E-state index in [-0.39, 0.29) is 5.63 Å². The maximum atomic E-state index is 11.9. The van der Waals surface area contributed by atoms with E-state index < -0.39 is 11.8 Å². The number of carbonyl (C=O) groups is 1. The molecule has 0 atom stereocenters. The number of hydrogen-bond acceptors (Lipinski definition) is 6. The fraction of sp³-hybridized carbons (Fsp3) is 0.474. The van der Waals surface area contributed by atoms with Crippen LogP contribution in [0.15, 0.2) is 27.4 Å². The Bertz CT molecular complexity index is 893. The third kappa shape index (κ3) is 3.02. The highest BCUT2D eigenvalue weighted by atomic mass is 16.8. The van der Waals surface area contributed by atoms with Gasteiger partial charge in [-0.3, -0.25) is 4.90 Å². The van der Waals surface area contributed by atoms with Crippen LogP contribution in [0.5, 0.6) is 0 Å². The first-order valence-corrected chi connectivity index (χ1v) is 8.56. The summed E-state index contributed by atoms with van der Waals surface area (Å²) in [5.74, 6) is 0. The van der Waals surface area contributed by atoms with Crippen LogP contribution in [0.2, 0.25) is 0 Å². The molecule has 0 amide bonds. The molecule has 2 aromatic rings. The Balaban J connectivity index is 1.56. The molecular weight excluding hydrogens is 322 g/mol. The number of nitrogens with zero attached hydrogens (tertiary/aromatic N) is 1. The number of cyclic esters (lactones) is 1. The molecule has 0 radical (unpaired) electrons. The lowest BCUT2D eigenvalue weighted by Crippen LogP contribution is -2.45. The van der Waals surface area contributed by atoms with Crippen molar-refractivity contribution in [2.24, 2.45) is 0 Å². The van der Waals surface area contributed by atoms with E-state index in [1.807, 2.05) is 13.0 Å². The van der Waals surface area contributed by atoms with Crippen molar-refractivity contribution >= 4 is 17.1 Å². The molecule has 4 rings (SSSR count). The summed E-state index contributed by atoms with van der Waals surface area (Å²) in [6, 6.07) is 5.59. The third-order valence-corrected chi connectivity index (χ3v) is 5.36. The van der Waals surface area contributed by atoms with Crippen LogP contribution in [0.3, 0.4) is 0 Å². The van der Waals surface area contributed by atoms with Crippen molar-refractivity contribution in [2.75, 3.05) is 19.7 Å². The highest BCUT2D eigenvalue weighted by molar-refractivity contribution is 5.81. The second-order valence-corrected chi connectivity index (χ2v) is 7.12. The van der Waals surface area contributed by atoms with Gasteiger partial charge in [0.25, 0.3) is 0 Å². The van der Waals surface area contributed by atoms with Gasteiger partial charge in [0.2, 0.25) is 0 Å². The third-order valence-electron chi connectivity index (χ3n) is 5.36. The SMILES string of the molecule is Cc1cc2oc(=O)cc(CN3CCC4(CC3)COC(=O)O4)c2cc1C. The van der Waals surface area contributed by atoms with Crippen LogP contribution in [-0.2, 0) is 16.0 Å². The van der Waals surface area contributed by atoms with E-state index >= 15 is 0 Å². The van der Waals surface area contributed by atoms with E-state index in [2.05, 4.69) is 17.9 Å². The Labute approximate surface area is 145 Å². The summed E-state index contributed by atoms with van der Waals surface area (Å²) in [5.41, 5.74) is 3.12. The molecule has 0 N–H and O–H groups in total.